The minimum Gasteiger partial charge on any atom is -0.446 e. The summed E-state index contributed by atoms with van der Waals surface area (Å²) in [4.78, 5) is 13.5. The molecule has 0 fully saturated rings. The van der Waals surface area contributed by atoms with Gasteiger partial charge in [-0.3, -0.25) is 0 Å². The second kappa shape index (κ2) is 3.42. The average molecular weight is 150 g/mol. The summed E-state index contributed by atoms with van der Waals surface area (Å²) in [7, 11) is 0. The maximum atomic E-state index is 10.9. The van der Waals surface area contributed by atoms with E-state index in [0.717, 1.165) is 0 Å². The van der Waals surface area contributed by atoms with Gasteiger partial charge in [-0.2, -0.15) is 5.26 Å². The van der Waals surface area contributed by atoms with Crippen LogP contribution in [-0.2, 0) is 4.74 Å². The van der Waals surface area contributed by atoms with Gasteiger partial charge in [0.1, 0.15) is 11.8 Å². The van der Waals surface area contributed by atoms with Crippen molar-refractivity contribution in [1.82, 2.24) is 4.98 Å². The molecule has 0 amide bonds. The number of rotatable bonds is 2. The van der Waals surface area contributed by atoms with Gasteiger partial charge in [0.05, 0.1) is 0 Å². The zero-order chi connectivity index (χ0) is 8.10. The van der Waals surface area contributed by atoms with Crippen molar-refractivity contribution in [2.24, 2.45) is 0 Å². The Morgan fingerprint density at radius 2 is 2.64 bits per heavy atom. The van der Waals surface area contributed by atoms with E-state index < -0.39 is 5.97 Å². The molecule has 1 rings (SSSR count). The van der Waals surface area contributed by atoms with Crippen molar-refractivity contribution in [1.29, 1.82) is 5.26 Å². The molecule has 0 saturated heterocycles. The second-order valence-electron chi connectivity index (χ2n) is 1.82. The maximum absolute atomic E-state index is 10.9. The molecule has 1 aromatic rings. The minimum atomic E-state index is -0.503. The van der Waals surface area contributed by atoms with E-state index in [1.807, 2.05) is 0 Å². The molecule has 56 valence electrons. The highest BCUT2D eigenvalue weighted by atomic mass is 16.5. The molecule has 0 aliphatic carbocycles. The number of aromatic nitrogens is 1. The van der Waals surface area contributed by atoms with E-state index in [4.69, 9.17) is 5.26 Å². The second-order valence-corrected chi connectivity index (χ2v) is 1.82. The monoisotopic (exact) mass is 150 g/mol. The molecule has 11 heavy (non-hydrogen) atoms. The van der Waals surface area contributed by atoms with Gasteiger partial charge in [-0.1, -0.05) is 0 Å². The molecule has 0 spiro atoms. The van der Waals surface area contributed by atoms with E-state index >= 15 is 0 Å². The van der Waals surface area contributed by atoms with Crippen LogP contribution < -0.4 is 0 Å². The van der Waals surface area contributed by atoms with Crippen LogP contribution in [0.3, 0.4) is 0 Å². The fourth-order valence-electron chi connectivity index (χ4n) is 0.633. The van der Waals surface area contributed by atoms with Gasteiger partial charge in [-0.05, 0) is 12.1 Å². The van der Waals surface area contributed by atoms with Crippen molar-refractivity contribution >= 4 is 5.97 Å². The number of H-pyrrole nitrogens is 1. The van der Waals surface area contributed by atoms with Crippen LogP contribution in [0.15, 0.2) is 18.3 Å². The lowest BCUT2D eigenvalue weighted by molar-refractivity contribution is 0.0549. The van der Waals surface area contributed by atoms with Crippen LogP contribution in [0.1, 0.15) is 10.5 Å². The SMILES string of the molecule is N#CCOC(=O)c1ccc[nH]1. The number of nitrogens with zero attached hydrogens (tertiary/aromatic N) is 1. The summed E-state index contributed by atoms with van der Waals surface area (Å²) < 4.78 is 4.50. The molecule has 0 bridgehead atoms. The third-order valence-electron chi connectivity index (χ3n) is 1.09. The normalized spacial score (nSPS) is 8.64. The smallest absolute Gasteiger partial charge is 0.355 e. The Morgan fingerprint density at radius 3 is 3.18 bits per heavy atom. The molecule has 0 aliphatic heterocycles. The predicted octanol–water partition coefficient (Wildman–Crippen LogP) is 0.695. The summed E-state index contributed by atoms with van der Waals surface area (Å²) in [6, 6.07) is 4.97. The van der Waals surface area contributed by atoms with Crippen LogP contribution in [0.4, 0.5) is 0 Å². The quantitative estimate of drug-likeness (QED) is 0.631. The van der Waals surface area contributed by atoms with Gasteiger partial charge in [-0.25, -0.2) is 4.79 Å². The topological polar surface area (TPSA) is 65.9 Å². The highest BCUT2D eigenvalue weighted by molar-refractivity contribution is 5.87. The first-order chi connectivity index (χ1) is 5.34. The lowest BCUT2D eigenvalue weighted by Crippen LogP contribution is -2.05. The Labute approximate surface area is 63.4 Å². The van der Waals surface area contributed by atoms with Gasteiger partial charge >= 0.3 is 5.97 Å². The molecule has 0 unspecified atom stereocenters. The molecule has 1 N–H and O–H groups in total. The summed E-state index contributed by atoms with van der Waals surface area (Å²) >= 11 is 0. The van der Waals surface area contributed by atoms with E-state index in [2.05, 4.69) is 9.72 Å². The zero-order valence-electron chi connectivity index (χ0n) is 5.70. The number of aromatic amines is 1. The molecular formula is C7H6N2O2. The number of esters is 1. The lowest BCUT2D eigenvalue weighted by atomic mass is 10.4. The average Bonchev–Trinajstić information content (AvgIpc) is 2.52. The third-order valence-corrected chi connectivity index (χ3v) is 1.09. The number of hydrogen-bond acceptors (Lipinski definition) is 3. The van der Waals surface area contributed by atoms with Gasteiger partial charge < -0.3 is 9.72 Å². The number of ether oxygens (including phenoxy) is 1. The molecule has 4 nitrogen and oxygen atoms in total. The zero-order valence-corrected chi connectivity index (χ0v) is 5.70. The van der Waals surface area contributed by atoms with E-state index in [9.17, 15) is 4.79 Å². The molecule has 0 saturated carbocycles. The fourth-order valence-corrected chi connectivity index (χ4v) is 0.633. The Balaban J connectivity index is 2.51. The van der Waals surface area contributed by atoms with Gasteiger partial charge in [0.25, 0.3) is 0 Å². The fraction of sp³-hybridized carbons (Fsp3) is 0.143. The van der Waals surface area contributed by atoms with Gasteiger partial charge in [0.2, 0.25) is 0 Å². The highest BCUT2D eigenvalue weighted by Crippen LogP contribution is 1.96. The van der Waals surface area contributed by atoms with Crippen molar-refractivity contribution in [3.63, 3.8) is 0 Å². The molecule has 1 heterocycles. The summed E-state index contributed by atoms with van der Waals surface area (Å²) in [5, 5.41) is 8.08. The Bertz CT molecular complexity index is 271. The van der Waals surface area contributed by atoms with Crippen LogP contribution in [0.5, 0.6) is 0 Å². The Kier molecular flexibility index (Phi) is 2.28. The van der Waals surface area contributed by atoms with Crippen molar-refractivity contribution in [3.05, 3.63) is 24.0 Å². The lowest BCUT2D eigenvalue weighted by Gasteiger charge is -1.94. The van der Waals surface area contributed by atoms with Crippen LogP contribution in [0.2, 0.25) is 0 Å². The summed E-state index contributed by atoms with van der Waals surface area (Å²) in [6.07, 6.45) is 1.61. The van der Waals surface area contributed by atoms with Gasteiger partial charge in [-0.15, -0.1) is 0 Å². The molecule has 0 radical (unpaired) electrons. The molecule has 0 aliphatic rings. The maximum Gasteiger partial charge on any atom is 0.355 e. The van der Waals surface area contributed by atoms with Crippen LogP contribution >= 0.6 is 0 Å². The first-order valence-electron chi connectivity index (χ1n) is 3.02. The van der Waals surface area contributed by atoms with Crippen molar-refractivity contribution in [3.8, 4) is 6.07 Å². The molecule has 0 atom stereocenters. The summed E-state index contributed by atoms with van der Waals surface area (Å²) in [5.74, 6) is -0.503. The van der Waals surface area contributed by atoms with Crippen molar-refractivity contribution < 1.29 is 9.53 Å². The van der Waals surface area contributed by atoms with Crippen LogP contribution in [0, 0.1) is 11.3 Å². The summed E-state index contributed by atoms with van der Waals surface area (Å²) in [5.41, 5.74) is 0.361. The number of carbonyl (C=O) groups is 1. The van der Waals surface area contributed by atoms with Gasteiger partial charge in [0.15, 0.2) is 6.61 Å². The van der Waals surface area contributed by atoms with Crippen LogP contribution in [-0.4, -0.2) is 17.6 Å². The highest BCUT2D eigenvalue weighted by Gasteiger charge is 2.05. The number of carbonyl (C=O) groups excluding carboxylic acids is 1. The van der Waals surface area contributed by atoms with E-state index in [0.29, 0.717) is 5.69 Å². The number of nitriles is 1. The van der Waals surface area contributed by atoms with Gasteiger partial charge in [0, 0.05) is 6.20 Å². The third kappa shape index (κ3) is 1.83. The molecule has 4 heteroatoms. The first kappa shape index (κ1) is 7.35. The van der Waals surface area contributed by atoms with Crippen molar-refractivity contribution in [2.45, 2.75) is 0 Å². The molecule has 1 aromatic heterocycles. The molecular weight excluding hydrogens is 144 g/mol. The molecule has 0 aromatic carbocycles. The Morgan fingerprint density at radius 1 is 1.82 bits per heavy atom. The summed E-state index contributed by atoms with van der Waals surface area (Å²) in [6.45, 7) is -0.210. The number of nitrogens with one attached hydrogen (secondary N) is 1. The van der Waals surface area contributed by atoms with E-state index in [1.165, 1.54) is 0 Å². The van der Waals surface area contributed by atoms with E-state index in [-0.39, 0.29) is 6.61 Å². The Hall–Kier alpha value is -1.76. The minimum absolute atomic E-state index is 0.210. The standard InChI is InChI=1S/C7H6N2O2/c8-3-5-11-7(10)6-2-1-4-9-6/h1-2,4,9H,5H2. The van der Waals surface area contributed by atoms with Crippen molar-refractivity contribution in [2.75, 3.05) is 6.61 Å². The number of hydrogen-bond donors (Lipinski definition) is 1. The first-order valence-corrected chi connectivity index (χ1v) is 3.02. The van der Waals surface area contributed by atoms with Crippen LogP contribution in [0.25, 0.3) is 0 Å². The van der Waals surface area contributed by atoms with E-state index in [1.54, 1.807) is 24.4 Å². The predicted molar refractivity (Wildman–Crippen MR) is 36.7 cm³/mol. The largest absolute Gasteiger partial charge is 0.446 e.